The maximum Gasteiger partial charge on any atom is 0.241 e. The first kappa shape index (κ1) is 16.5. The standard InChI is InChI=1S/C18H25N3O/c1-2-16-9-6-7-13-20(16)15-18(22)21(14-8-12-19)17-10-4-3-5-11-17/h3-5,10-11,16H,2,6-9,13-15H2,1H3. The number of anilines is 1. The first-order chi connectivity index (χ1) is 10.8. The van der Waals surface area contributed by atoms with Crippen LogP contribution in [0.15, 0.2) is 30.3 Å². The highest BCUT2D eigenvalue weighted by atomic mass is 16.2. The number of benzene rings is 1. The molecule has 0 spiro atoms. The number of carbonyl (C=O) groups is 1. The molecule has 1 aliphatic heterocycles. The highest BCUT2D eigenvalue weighted by Crippen LogP contribution is 2.20. The molecule has 2 rings (SSSR count). The monoisotopic (exact) mass is 299 g/mol. The SMILES string of the molecule is CCC1CCCCN1CC(=O)N(CCC#N)c1ccccc1. The Labute approximate surface area is 133 Å². The zero-order chi connectivity index (χ0) is 15.8. The Morgan fingerprint density at radius 1 is 1.36 bits per heavy atom. The van der Waals surface area contributed by atoms with Crippen LogP contribution in [0.4, 0.5) is 5.69 Å². The summed E-state index contributed by atoms with van der Waals surface area (Å²) < 4.78 is 0. The molecule has 4 heteroatoms. The Kier molecular flexibility index (Phi) is 6.42. The maximum atomic E-state index is 12.8. The summed E-state index contributed by atoms with van der Waals surface area (Å²) in [4.78, 5) is 16.8. The molecule has 1 amide bonds. The first-order valence-electron chi connectivity index (χ1n) is 8.22. The summed E-state index contributed by atoms with van der Waals surface area (Å²) in [5.74, 6) is 0.0989. The lowest BCUT2D eigenvalue weighted by molar-refractivity contribution is -0.120. The van der Waals surface area contributed by atoms with E-state index in [1.54, 1.807) is 4.90 Å². The van der Waals surface area contributed by atoms with E-state index >= 15 is 0 Å². The summed E-state index contributed by atoms with van der Waals surface area (Å²) in [6.45, 7) is 4.12. The molecular weight excluding hydrogens is 274 g/mol. The van der Waals surface area contributed by atoms with E-state index < -0.39 is 0 Å². The molecule has 1 unspecified atom stereocenters. The summed E-state index contributed by atoms with van der Waals surface area (Å²) in [7, 11) is 0. The third kappa shape index (κ3) is 4.32. The van der Waals surface area contributed by atoms with E-state index in [2.05, 4.69) is 17.9 Å². The van der Waals surface area contributed by atoms with Gasteiger partial charge in [0.05, 0.1) is 19.0 Å². The van der Waals surface area contributed by atoms with E-state index in [4.69, 9.17) is 5.26 Å². The lowest BCUT2D eigenvalue weighted by atomic mass is 10.00. The van der Waals surface area contributed by atoms with Crippen molar-refractivity contribution in [1.82, 2.24) is 4.90 Å². The van der Waals surface area contributed by atoms with Crippen LogP contribution in [0.2, 0.25) is 0 Å². The van der Waals surface area contributed by atoms with Crippen molar-refractivity contribution in [2.45, 2.75) is 45.1 Å². The minimum atomic E-state index is 0.0989. The number of rotatable bonds is 6. The van der Waals surface area contributed by atoms with E-state index in [0.717, 1.165) is 18.7 Å². The maximum absolute atomic E-state index is 12.8. The Balaban J connectivity index is 2.06. The third-order valence-electron chi connectivity index (χ3n) is 4.37. The van der Waals surface area contributed by atoms with E-state index in [0.29, 0.717) is 25.6 Å². The predicted octanol–water partition coefficient (Wildman–Crippen LogP) is 3.20. The second kappa shape index (κ2) is 8.55. The molecule has 0 saturated carbocycles. The Morgan fingerprint density at radius 3 is 2.82 bits per heavy atom. The van der Waals surface area contributed by atoms with Gasteiger partial charge in [-0.2, -0.15) is 5.26 Å². The van der Waals surface area contributed by atoms with Gasteiger partial charge in [0.15, 0.2) is 0 Å². The van der Waals surface area contributed by atoms with Gasteiger partial charge >= 0.3 is 0 Å². The van der Waals surface area contributed by atoms with Crippen LogP contribution >= 0.6 is 0 Å². The molecule has 1 aromatic rings. The van der Waals surface area contributed by atoms with Gasteiger partial charge in [-0.3, -0.25) is 9.69 Å². The van der Waals surface area contributed by atoms with Crippen LogP contribution in [0.1, 0.15) is 39.0 Å². The number of nitriles is 1. The molecule has 118 valence electrons. The van der Waals surface area contributed by atoms with Gasteiger partial charge in [0.1, 0.15) is 0 Å². The highest BCUT2D eigenvalue weighted by Gasteiger charge is 2.25. The third-order valence-corrected chi connectivity index (χ3v) is 4.37. The van der Waals surface area contributed by atoms with Crippen molar-refractivity contribution in [2.75, 3.05) is 24.5 Å². The number of hydrogen-bond donors (Lipinski definition) is 0. The van der Waals surface area contributed by atoms with Crippen LogP contribution in [-0.2, 0) is 4.79 Å². The van der Waals surface area contributed by atoms with Gasteiger partial charge < -0.3 is 4.90 Å². The highest BCUT2D eigenvalue weighted by molar-refractivity contribution is 5.94. The molecule has 22 heavy (non-hydrogen) atoms. The van der Waals surface area contributed by atoms with E-state index in [1.807, 2.05) is 30.3 Å². The average Bonchev–Trinajstić information content (AvgIpc) is 2.56. The topological polar surface area (TPSA) is 47.3 Å². The lowest BCUT2D eigenvalue weighted by Crippen LogP contribution is -2.47. The van der Waals surface area contributed by atoms with E-state index in [-0.39, 0.29) is 5.91 Å². The molecular formula is C18H25N3O. The largest absolute Gasteiger partial charge is 0.310 e. The average molecular weight is 299 g/mol. The Hall–Kier alpha value is -1.86. The molecule has 4 nitrogen and oxygen atoms in total. The zero-order valence-electron chi connectivity index (χ0n) is 13.4. The summed E-state index contributed by atoms with van der Waals surface area (Å²) in [5, 5.41) is 8.85. The summed E-state index contributed by atoms with van der Waals surface area (Å²) in [5.41, 5.74) is 0.882. The molecule has 1 aliphatic rings. The number of nitrogens with zero attached hydrogens (tertiary/aromatic N) is 3. The Bertz CT molecular complexity index is 509. The number of carbonyl (C=O) groups excluding carboxylic acids is 1. The van der Waals surface area contributed by atoms with E-state index in [9.17, 15) is 4.79 Å². The van der Waals surface area contributed by atoms with Gasteiger partial charge in [-0.25, -0.2) is 0 Å². The van der Waals surface area contributed by atoms with Crippen molar-refractivity contribution < 1.29 is 4.79 Å². The summed E-state index contributed by atoms with van der Waals surface area (Å²) >= 11 is 0. The zero-order valence-corrected chi connectivity index (χ0v) is 13.4. The molecule has 0 bridgehead atoms. The van der Waals surface area contributed by atoms with Gasteiger partial charge in [0.2, 0.25) is 5.91 Å². The van der Waals surface area contributed by atoms with Gasteiger partial charge in [-0.15, -0.1) is 0 Å². The van der Waals surface area contributed by atoms with Crippen LogP contribution in [0.5, 0.6) is 0 Å². The summed E-state index contributed by atoms with van der Waals surface area (Å²) in [6.07, 6.45) is 5.08. The molecule has 0 aromatic heterocycles. The number of piperidine rings is 1. The second-order valence-corrected chi connectivity index (χ2v) is 5.82. The fourth-order valence-electron chi connectivity index (χ4n) is 3.16. The van der Waals surface area contributed by atoms with Gasteiger partial charge in [0, 0.05) is 18.3 Å². The Morgan fingerprint density at radius 2 is 2.14 bits per heavy atom. The number of para-hydroxylation sites is 1. The van der Waals surface area contributed by atoms with Crippen molar-refractivity contribution in [2.24, 2.45) is 0 Å². The molecule has 0 N–H and O–H groups in total. The van der Waals surface area contributed by atoms with Crippen molar-refractivity contribution in [3.8, 4) is 6.07 Å². The number of hydrogen-bond acceptors (Lipinski definition) is 3. The minimum absolute atomic E-state index is 0.0989. The molecule has 1 fully saturated rings. The molecule has 1 atom stereocenters. The van der Waals surface area contributed by atoms with Crippen LogP contribution in [0, 0.1) is 11.3 Å². The minimum Gasteiger partial charge on any atom is -0.310 e. The van der Waals surface area contributed by atoms with Crippen LogP contribution < -0.4 is 4.90 Å². The number of likely N-dealkylation sites (tertiary alicyclic amines) is 1. The van der Waals surface area contributed by atoms with Crippen molar-refractivity contribution >= 4 is 11.6 Å². The van der Waals surface area contributed by atoms with Crippen molar-refractivity contribution in [3.63, 3.8) is 0 Å². The fraction of sp³-hybridized carbons (Fsp3) is 0.556. The second-order valence-electron chi connectivity index (χ2n) is 5.82. The van der Waals surface area contributed by atoms with Crippen LogP contribution in [0.25, 0.3) is 0 Å². The molecule has 1 aromatic carbocycles. The van der Waals surface area contributed by atoms with Crippen molar-refractivity contribution in [1.29, 1.82) is 5.26 Å². The first-order valence-corrected chi connectivity index (χ1v) is 8.22. The van der Waals surface area contributed by atoms with Gasteiger partial charge in [-0.05, 0) is 37.9 Å². The quantitative estimate of drug-likeness (QED) is 0.810. The van der Waals surface area contributed by atoms with Gasteiger partial charge in [-0.1, -0.05) is 31.5 Å². The van der Waals surface area contributed by atoms with E-state index in [1.165, 1.54) is 19.3 Å². The predicted molar refractivity (Wildman–Crippen MR) is 88.5 cm³/mol. The molecule has 0 aliphatic carbocycles. The van der Waals surface area contributed by atoms with Crippen LogP contribution in [0.3, 0.4) is 0 Å². The molecule has 1 saturated heterocycles. The van der Waals surface area contributed by atoms with Crippen molar-refractivity contribution in [3.05, 3.63) is 30.3 Å². The fourth-order valence-corrected chi connectivity index (χ4v) is 3.16. The molecule has 0 radical (unpaired) electrons. The number of amides is 1. The van der Waals surface area contributed by atoms with Crippen LogP contribution in [-0.4, -0.2) is 36.5 Å². The molecule has 1 heterocycles. The lowest BCUT2D eigenvalue weighted by Gasteiger charge is -2.36. The normalized spacial score (nSPS) is 18.6. The summed E-state index contributed by atoms with van der Waals surface area (Å²) in [6, 6.07) is 12.3. The van der Waals surface area contributed by atoms with Gasteiger partial charge in [0.25, 0.3) is 0 Å². The smallest absolute Gasteiger partial charge is 0.241 e.